The van der Waals surface area contributed by atoms with E-state index < -0.39 is 0 Å². The molecule has 0 aromatic carbocycles. The molecule has 2 aromatic heterocycles. The molecule has 7 heteroatoms. The third-order valence-corrected chi connectivity index (χ3v) is 5.24. The van der Waals surface area contributed by atoms with E-state index in [4.69, 9.17) is 4.42 Å². The number of nitrogens with zero attached hydrogens (tertiary/aromatic N) is 2. The number of hydrogen-bond acceptors (Lipinski definition) is 5. The van der Waals surface area contributed by atoms with Gasteiger partial charge >= 0.3 is 0 Å². The van der Waals surface area contributed by atoms with Gasteiger partial charge in [-0.2, -0.15) is 16.9 Å². The van der Waals surface area contributed by atoms with Gasteiger partial charge in [0.05, 0.1) is 6.54 Å². The second-order valence-corrected chi connectivity index (χ2v) is 7.46. The number of furan rings is 1. The Kier molecular flexibility index (Phi) is 5.86. The van der Waals surface area contributed by atoms with Crippen LogP contribution in [-0.4, -0.2) is 40.3 Å². The summed E-state index contributed by atoms with van der Waals surface area (Å²) in [4.78, 5) is 12.6. The normalized spacial score (nSPS) is 16.7. The highest BCUT2D eigenvalue weighted by Crippen LogP contribution is 2.24. The molecule has 0 aliphatic heterocycles. The van der Waals surface area contributed by atoms with Crippen molar-refractivity contribution in [3.63, 3.8) is 0 Å². The van der Waals surface area contributed by atoms with E-state index in [2.05, 4.69) is 22.0 Å². The Morgan fingerprint density at radius 2 is 2.32 bits per heavy atom. The lowest BCUT2D eigenvalue weighted by molar-refractivity contribution is 0.0941. The Morgan fingerprint density at radius 3 is 3.04 bits per heavy atom. The largest absolute Gasteiger partial charge is 0.465 e. The topological polar surface area (TPSA) is 72.1 Å². The van der Waals surface area contributed by atoms with Crippen LogP contribution in [0, 0.1) is 6.92 Å². The van der Waals surface area contributed by atoms with Crippen LogP contribution in [0.2, 0.25) is 0 Å². The molecule has 1 unspecified atom stereocenters. The molecule has 6 nitrogen and oxygen atoms in total. The number of aromatic nitrogens is 2. The molecule has 1 aliphatic carbocycles. The van der Waals surface area contributed by atoms with Crippen molar-refractivity contribution in [1.82, 2.24) is 20.4 Å². The molecule has 136 valence electrons. The molecule has 1 atom stereocenters. The minimum Gasteiger partial charge on any atom is -0.465 e. The van der Waals surface area contributed by atoms with E-state index in [1.165, 1.54) is 5.69 Å². The van der Waals surface area contributed by atoms with Crippen molar-refractivity contribution < 1.29 is 9.21 Å². The summed E-state index contributed by atoms with van der Waals surface area (Å²) < 4.78 is 7.37. The van der Waals surface area contributed by atoms with Gasteiger partial charge in [-0.15, -0.1) is 0 Å². The van der Waals surface area contributed by atoms with Gasteiger partial charge in [-0.3, -0.25) is 9.48 Å². The van der Waals surface area contributed by atoms with Crippen molar-refractivity contribution in [2.45, 2.75) is 38.8 Å². The highest BCUT2D eigenvalue weighted by molar-refractivity contribution is 7.98. The molecular weight excluding hydrogens is 336 g/mol. The van der Waals surface area contributed by atoms with Gasteiger partial charge in [-0.1, -0.05) is 0 Å². The quantitative estimate of drug-likeness (QED) is 0.738. The van der Waals surface area contributed by atoms with Crippen LogP contribution in [0.15, 0.2) is 16.5 Å². The van der Waals surface area contributed by atoms with E-state index in [0.29, 0.717) is 18.3 Å². The number of hydrogen-bond donors (Lipinski definition) is 2. The molecule has 0 fully saturated rings. The standard InChI is InChI=1S/C18H26N4O2S/c1-12-4-6-14(24-12)11-20-18(23)17-15-10-13(19-8-9-25-3)5-7-16(15)22(2)21-17/h4,6,13,19H,5,7-11H2,1-3H3,(H,20,23). The predicted molar refractivity (Wildman–Crippen MR) is 100 cm³/mol. The Morgan fingerprint density at radius 1 is 1.48 bits per heavy atom. The fraction of sp³-hybridized carbons (Fsp3) is 0.556. The minimum atomic E-state index is -0.129. The Hall–Kier alpha value is -1.73. The number of carbonyl (C=O) groups is 1. The molecule has 0 spiro atoms. The summed E-state index contributed by atoms with van der Waals surface area (Å²) in [6, 6.07) is 4.20. The monoisotopic (exact) mass is 362 g/mol. The molecule has 25 heavy (non-hydrogen) atoms. The van der Waals surface area contributed by atoms with Crippen LogP contribution in [-0.2, 0) is 26.4 Å². The Bertz CT molecular complexity index is 738. The van der Waals surface area contributed by atoms with Crippen molar-refractivity contribution in [1.29, 1.82) is 0 Å². The van der Waals surface area contributed by atoms with E-state index in [9.17, 15) is 4.79 Å². The molecule has 2 aromatic rings. The maximum absolute atomic E-state index is 12.6. The molecule has 1 amide bonds. The number of fused-ring (bicyclic) bond motifs is 1. The molecular formula is C18H26N4O2S. The first-order valence-electron chi connectivity index (χ1n) is 8.69. The molecule has 0 bridgehead atoms. The maximum atomic E-state index is 12.6. The number of nitrogens with one attached hydrogen (secondary N) is 2. The van der Waals surface area contributed by atoms with Crippen LogP contribution in [0.1, 0.15) is 39.7 Å². The lowest BCUT2D eigenvalue weighted by Crippen LogP contribution is -2.36. The van der Waals surface area contributed by atoms with Crippen molar-refractivity contribution in [2.24, 2.45) is 7.05 Å². The summed E-state index contributed by atoms with van der Waals surface area (Å²) in [7, 11) is 1.92. The second-order valence-electron chi connectivity index (χ2n) is 6.48. The molecule has 0 radical (unpaired) electrons. The first-order chi connectivity index (χ1) is 12.1. The first kappa shape index (κ1) is 18.1. The molecule has 0 saturated carbocycles. The van der Waals surface area contributed by atoms with Crippen LogP contribution in [0.25, 0.3) is 0 Å². The number of amides is 1. The van der Waals surface area contributed by atoms with Crippen LogP contribution in [0.5, 0.6) is 0 Å². The van der Waals surface area contributed by atoms with Crippen molar-refractivity contribution >= 4 is 17.7 Å². The van der Waals surface area contributed by atoms with Crippen LogP contribution in [0.4, 0.5) is 0 Å². The fourth-order valence-electron chi connectivity index (χ4n) is 3.34. The molecule has 1 aliphatic rings. The summed E-state index contributed by atoms with van der Waals surface area (Å²) in [5, 5.41) is 11.0. The number of carbonyl (C=O) groups excluding carboxylic acids is 1. The van der Waals surface area contributed by atoms with E-state index in [1.807, 2.05) is 42.5 Å². The number of rotatable bonds is 7. The average molecular weight is 362 g/mol. The fourth-order valence-corrected chi connectivity index (χ4v) is 3.66. The lowest BCUT2D eigenvalue weighted by Gasteiger charge is -2.24. The van der Waals surface area contributed by atoms with Crippen molar-refractivity contribution in [2.75, 3.05) is 18.6 Å². The van der Waals surface area contributed by atoms with Gasteiger partial charge in [0, 0.05) is 36.6 Å². The van der Waals surface area contributed by atoms with Gasteiger partial charge in [0.1, 0.15) is 11.5 Å². The highest BCUT2D eigenvalue weighted by atomic mass is 32.2. The zero-order chi connectivity index (χ0) is 17.8. The van der Waals surface area contributed by atoms with Gasteiger partial charge in [0.15, 0.2) is 5.69 Å². The first-order valence-corrected chi connectivity index (χ1v) is 10.1. The molecule has 3 rings (SSSR count). The predicted octanol–water partition coefficient (Wildman–Crippen LogP) is 2.06. The lowest BCUT2D eigenvalue weighted by atomic mass is 9.91. The number of aryl methyl sites for hydroxylation is 2. The maximum Gasteiger partial charge on any atom is 0.272 e. The number of thioether (sulfide) groups is 1. The highest BCUT2D eigenvalue weighted by Gasteiger charge is 2.28. The summed E-state index contributed by atoms with van der Waals surface area (Å²) in [5.41, 5.74) is 2.82. The second kappa shape index (κ2) is 8.10. The summed E-state index contributed by atoms with van der Waals surface area (Å²) >= 11 is 1.84. The van der Waals surface area contributed by atoms with E-state index in [-0.39, 0.29) is 5.91 Å². The smallest absolute Gasteiger partial charge is 0.272 e. The average Bonchev–Trinajstić information content (AvgIpc) is 3.16. The zero-order valence-electron chi connectivity index (χ0n) is 15.1. The van der Waals surface area contributed by atoms with Crippen LogP contribution >= 0.6 is 11.8 Å². The molecule has 2 heterocycles. The van der Waals surface area contributed by atoms with Crippen molar-refractivity contribution in [3.05, 3.63) is 40.6 Å². The Labute approximate surface area is 152 Å². The van der Waals surface area contributed by atoms with Gasteiger partial charge < -0.3 is 15.1 Å². The Balaban J connectivity index is 1.67. The van der Waals surface area contributed by atoms with Crippen molar-refractivity contribution in [3.8, 4) is 0 Å². The van der Waals surface area contributed by atoms with E-state index >= 15 is 0 Å². The van der Waals surface area contributed by atoms with Crippen LogP contribution < -0.4 is 10.6 Å². The van der Waals surface area contributed by atoms with Gasteiger partial charge in [0.25, 0.3) is 5.91 Å². The van der Waals surface area contributed by atoms with Gasteiger partial charge in [-0.05, 0) is 44.6 Å². The van der Waals surface area contributed by atoms with E-state index in [1.54, 1.807) is 0 Å². The van der Waals surface area contributed by atoms with Crippen LogP contribution in [0.3, 0.4) is 0 Å². The van der Waals surface area contributed by atoms with Gasteiger partial charge in [0.2, 0.25) is 0 Å². The van der Waals surface area contributed by atoms with Gasteiger partial charge in [-0.25, -0.2) is 0 Å². The third-order valence-electron chi connectivity index (χ3n) is 4.63. The summed E-state index contributed by atoms with van der Waals surface area (Å²) in [5.74, 6) is 2.58. The minimum absolute atomic E-state index is 0.129. The third kappa shape index (κ3) is 4.27. The molecule has 0 saturated heterocycles. The summed E-state index contributed by atoms with van der Waals surface area (Å²) in [6.07, 6.45) is 5.03. The molecule has 2 N–H and O–H groups in total. The zero-order valence-corrected chi connectivity index (χ0v) is 15.9. The summed E-state index contributed by atoms with van der Waals surface area (Å²) in [6.45, 7) is 3.28. The SMILES string of the molecule is CSCCNC1CCc2c(c(C(=O)NCc3ccc(C)o3)nn2C)C1. The van der Waals surface area contributed by atoms with E-state index in [0.717, 1.165) is 48.6 Å².